The zero-order valence-electron chi connectivity index (χ0n) is 10.6. The van der Waals surface area contributed by atoms with Crippen LogP contribution in [-0.4, -0.2) is 18.8 Å². The molecule has 2 rings (SSSR count). The first-order valence-corrected chi connectivity index (χ1v) is 6.27. The van der Waals surface area contributed by atoms with Gasteiger partial charge in [-0.15, -0.1) is 0 Å². The lowest BCUT2D eigenvalue weighted by atomic mass is 9.64. The lowest BCUT2D eigenvalue weighted by molar-refractivity contribution is 0.242. The van der Waals surface area contributed by atoms with E-state index in [1.165, 1.54) is 12.0 Å². The number of hydrogen-bond donors (Lipinski definition) is 2. The average Bonchev–Trinajstić information content (AvgIpc) is 2.30. The van der Waals surface area contributed by atoms with Crippen molar-refractivity contribution in [2.45, 2.75) is 38.0 Å². The number of ether oxygens (including phenoxy) is 1. The summed E-state index contributed by atoms with van der Waals surface area (Å²) in [4.78, 5) is 0. The molecule has 0 aromatic heterocycles. The van der Waals surface area contributed by atoms with Gasteiger partial charge in [0.2, 0.25) is 0 Å². The standard InChI is InChI=1S/C14H21NO2/c1-3-10-7-11(13(16)12(8-10)17-2)14(9-15)5-4-6-14/h7-8,16H,3-6,9,15H2,1-2H3. The minimum Gasteiger partial charge on any atom is -0.504 e. The minimum atomic E-state index is -0.0253. The molecular weight excluding hydrogens is 214 g/mol. The number of methoxy groups -OCH3 is 1. The fourth-order valence-electron chi connectivity index (χ4n) is 2.62. The summed E-state index contributed by atoms with van der Waals surface area (Å²) >= 11 is 0. The second kappa shape index (κ2) is 4.57. The molecule has 0 bridgehead atoms. The van der Waals surface area contributed by atoms with E-state index in [4.69, 9.17) is 10.5 Å². The van der Waals surface area contributed by atoms with Gasteiger partial charge < -0.3 is 15.6 Å². The number of nitrogens with two attached hydrogens (primary N) is 1. The Balaban J connectivity index is 2.51. The highest BCUT2D eigenvalue weighted by Crippen LogP contribution is 2.49. The van der Waals surface area contributed by atoms with E-state index in [-0.39, 0.29) is 11.2 Å². The summed E-state index contributed by atoms with van der Waals surface area (Å²) in [5.74, 6) is 0.842. The molecule has 3 nitrogen and oxygen atoms in total. The van der Waals surface area contributed by atoms with Crippen molar-refractivity contribution in [1.29, 1.82) is 0 Å². The highest BCUT2D eigenvalue weighted by Gasteiger charge is 2.40. The van der Waals surface area contributed by atoms with Crippen LogP contribution in [0.2, 0.25) is 0 Å². The number of aryl methyl sites for hydroxylation is 1. The Bertz CT molecular complexity index is 405. The number of rotatable bonds is 4. The molecule has 1 aliphatic rings. The molecule has 0 spiro atoms. The Morgan fingerprint density at radius 2 is 2.12 bits per heavy atom. The van der Waals surface area contributed by atoms with Gasteiger partial charge in [-0.25, -0.2) is 0 Å². The van der Waals surface area contributed by atoms with Gasteiger partial charge in [-0.05, 0) is 30.9 Å². The van der Waals surface area contributed by atoms with Crippen LogP contribution in [0.5, 0.6) is 11.5 Å². The third-order valence-corrected chi connectivity index (χ3v) is 4.04. The van der Waals surface area contributed by atoms with Crippen LogP contribution < -0.4 is 10.5 Å². The van der Waals surface area contributed by atoms with Crippen molar-refractivity contribution in [2.75, 3.05) is 13.7 Å². The lowest BCUT2D eigenvalue weighted by Crippen LogP contribution is -2.41. The normalized spacial score (nSPS) is 17.6. The van der Waals surface area contributed by atoms with Crippen LogP contribution in [0, 0.1) is 0 Å². The van der Waals surface area contributed by atoms with Gasteiger partial charge in [0.1, 0.15) is 0 Å². The zero-order valence-corrected chi connectivity index (χ0v) is 10.6. The Morgan fingerprint density at radius 1 is 1.41 bits per heavy atom. The molecule has 0 radical (unpaired) electrons. The van der Waals surface area contributed by atoms with Crippen molar-refractivity contribution in [3.8, 4) is 11.5 Å². The summed E-state index contributed by atoms with van der Waals surface area (Å²) in [6.07, 6.45) is 4.25. The predicted octanol–water partition coefficient (Wildman–Crippen LogP) is 2.34. The van der Waals surface area contributed by atoms with E-state index < -0.39 is 0 Å². The van der Waals surface area contributed by atoms with Crippen LogP contribution in [0.3, 0.4) is 0 Å². The van der Waals surface area contributed by atoms with Crippen molar-refractivity contribution in [3.63, 3.8) is 0 Å². The van der Waals surface area contributed by atoms with Gasteiger partial charge in [-0.1, -0.05) is 19.4 Å². The number of benzene rings is 1. The topological polar surface area (TPSA) is 55.5 Å². The first kappa shape index (κ1) is 12.2. The number of hydrogen-bond acceptors (Lipinski definition) is 3. The molecule has 0 unspecified atom stereocenters. The molecule has 3 heteroatoms. The Morgan fingerprint density at radius 3 is 2.53 bits per heavy atom. The summed E-state index contributed by atoms with van der Waals surface area (Å²) in [6, 6.07) is 3.99. The van der Waals surface area contributed by atoms with Gasteiger partial charge in [0.25, 0.3) is 0 Å². The molecule has 0 atom stereocenters. The van der Waals surface area contributed by atoms with Crippen molar-refractivity contribution in [1.82, 2.24) is 0 Å². The van der Waals surface area contributed by atoms with Gasteiger partial charge in [-0.2, -0.15) is 0 Å². The fraction of sp³-hybridized carbons (Fsp3) is 0.571. The first-order valence-electron chi connectivity index (χ1n) is 6.27. The average molecular weight is 235 g/mol. The summed E-state index contributed by atoms with van der Waals surface area (Å²) in [7, 11) is 1.59. The van der Waals surface area contributed by atoms with E-state index in [0.717, 1.165) is 24.8 Å². The molecule has 0 amide bonds. The van der Waals surface area contributed by atoms with E-state index in [9.17, 15) is 5.11 Å². The van der Waals surface area contributed by atoms with Crippen LogP contribution in [0.15, 0.2) is 12.1 Å². The van der Waals surface area contributed by atoms with Crippen LogP contribution in [0.25, 0.3) is 0 Å². The molecule has 0 aliphatic heterocycles. The maximum Gasteiger partial charge on any atom is 0.161 e. The molecule has 3 N–H and O–H groups in total. The van der Waals surface area contributed by atoms with Crippen molar-refractivity contribution < 1.29 is 9.84 Å². The second-order valence-electron chi connectivity index (χ2n) is 4.89. The van der Waals surface area contributed by atoms with Crippen LogP contribution in [0.4, 0.5) is 0 Å². The highest BCUT2D eigenvalue weighted by molar-refractivity contribution is 5.52. The maximum atomic E-state index is 10.3. The maximum absolute atomic E-state index is 10.3. The van der Waals surface area contributed by atoms with E-state index in [0.29, 0.717) is 12.3 Å². The summed E-state index contributed by atoms with van der Waals surface area (Å²) < 4.78 is 5.25. The van der Waals surface area contributed by atoms with Crippen molar-refractivity contribution >= 4 is 0 Å². The smallest absolute Gasteiger partial charge is 0.161 e. The minimum absolute atomic E-state index is 0.0253. The molecule has 1 fully saturated rings. The van der Waals surface area contributed by atoms with Gasteiger partial charge in [0, 0.05) is 17.5 Å². The molecule has 94 valence electrons. The molecule has 17 heavy (non-hydrogen) atoms. The fourth-order valence-corrected chi connectivity index (χ4v) is 2.62. The number of aromatic hydroxyl groups is 1. The van der Waals surface area contributed by atoms with Gasteiger partial charge in [0.15, 0.2) is 11.5 Å². The third-order valence-electron chi connectivity index (χ3n) is 4.04. The molecule has 0 heterocycles. The largest absolute Gasteiger partial charge is 0.504 e. The predicted molar refractivity (Wildman–Crippen MR) is 68.6 cm³/mol. The monoisotopic (exact) mass is 235 g/mol. The second-order valence-corrected chi connectivity index (χ2v) is 4.89. The summed E-state index contributed by atoms with van der Waals surface area (Å²) in [5, 5.41) is 10.3. The Hall–Kier alpha value is -1.22. The highest BCUT2D eigenvalue weighted by atomic mass is 16.5. The van der Waals surface area contributed by atoms with E-state index >= 15 is 0 Å². The molecule has 0 saturated heterocycles. The first-order chi connectivity index (χ1) is 8.16. The van der Waals surface area contributed by atoms with E-state index in [2.05, 4.69) is 13.0 Å². The van der Waals surface area contributed by atoms with Gasteiger partial charge in [-0.3, -0.25) is 0 Å². The van der Waals surface area contributed by atoms with Crippen LogP contribution in [-0.2, 0) is 11.8 Å². The van der Waals surface area contributed by atoms with Crippen molar-refractivity contribution in [2.24, 2.45) is 5.73 Å². The molecule has 1 saturated carbocycles. The lowest BCUT2D eigenvalue weighted by Gasteiger charge is -2.42. The molecule has 1 aromatic rings. The van der Waals surface area contributed by atoms with Crippen LogP contribution >= 0.6 is 0 Å². The van der Waals surface area contributed by atoms with Crippen molar-refractivity contribution in [3.05, 3.63) is 23.3 Å². The Kier molecular flexibility index (Phi) is 3.29. The van der Waals surface area contributed by atoms with Crippen LogP contribution in [0.1, 0.15) is 37.3 Å². The molecule has 1 aromatic carbocycles. The Labute approximate surface area is 103 Å². The SMILES string of the molecule is CCc1cc(OC)c(O)c(C2(CN)CCC2)c1. The van der Waals surface area contributed by atoms with Gasteiger partial charge >= 0.3 is 0 Å². The summed E-state index contributed by atoms with van der Waals surface area (Å²) in [6.45, 7) is 2.70. The van der Waals surface area contributed by atoms with E-state index in [1.54, 1.807) is 7.11 Å². The zero-order chi connectivity index (χ0) is 12.5. The number of phenols is 1. The quantitative estimate of drug-likeness (QED) is 0.842. The number of phenolic OH excluding ortho intramolecular Hbond substituents is 1. The molecular formula is C14H21NO2. The molecule has 1 aliphatic carbocycles. The summed E-state index contributed by atoms with van der Waals surface area (Å²) in [5.41, 5.74) is 8.04. The van der Waals surface area contributed by atoms with E-state index in [1.807, 2.05) is 6.07 Å². The van der Waals surface area contributed by atoms with Gasteiger partial charge in [0.05, 0.1) is 7.11 Å². The third kappa shape index (κ3) is 1.89.